The van der Waals surface area contributed by atoms with Crippen molar-refractivity contribution >= 4 is 6.09 Å². The summed E-state index contributed by atoms with van der Waals surface area (Å²) in [6.45, 7) is 14.8. The molecule has 0 saturated heterocycles. The first-order valence-electron chi connectivity index (χ1n) is 7.91. The summed E-state index contributed by atoms with van der Waals surface area (Å²) < 4.78 is 10.7. The van der Waals surface area contributed by atoms with Crippen LogP contribution in [0, 0.1) is 5.92 Å². The van der Waals surface area contributed by atoms with E-state index < -0.39 is 5.60 Å². The Hall–Kier alpha value is -0.810. The van der Waals surface area contributed by atoms with Gasteiger partial charge in [-0.05, 0) is 33.1 Å². The minimum Gasteiger partial charge on any atom is -0.444 e. The molecule has 0 rings (SSSR count). The fourth-order valence-corrected chi connectivity index (χ4v) is 1.94. The molecule has 0 fully saturated rings. The highest BCUT2D eigenvalue weighted by Gasteiger charge is 2.21. The molecule has 1 N–H and O–H groups in total. The molecule has 1 unspecified atom stereocenters. The Balaban J connectivity index is 4.34. The van der Waals surface area contributed by atoms with E-state index >= 15 is 0 Å². The van der Waals surface area contributed by atoms with Crippen LogP contribution in [0.2, 0.25) is 0 Å². The number of methoxy groups -OCH3 is 1. The van der Waals surface area contributed by atoms with E-state index in [1.165, 1.54) is 0 Å². The van der Waals surface area contributed by atoms with Crippen LogP contribution in [0.5, 0.6) is 0 Å². The van der Waals surface area contributed by atoms with Crippen LogP contribution in [-0.4, -0.2) is 56.0 Å². The van der Waals surface area contributed by atoms with Gasteiger partial charge in [0.2, 0.25) is 0 Å². The van der Waals surface area contributed by atoms with Crippen LogP contribution in [0.3, 0.4) is 0 Å². The second kappa shape index (κ2) is 10.0. The normalized spacial score (nSPS) is 13.3. The third kappa shape index (κ3) is 9.69. The summed E-state index contributed by atoms with van der Waals surface area (Å²) in [6.07, 6.45) is 0.685. The second-order valence-electron chi connectivity index (χ2n) is 6.73. The molecule has 126 valence electrons. The Labute approximate surface area is 130 Å². The number of amides is 1. The summed E-state index contributed by atoms with van der Waals surface area (Å²) >= 11 is 0. The topological polar surface area (TPSA) is 50.8 Å². The zero-order valence-corrected chi connectivity index (χ0v) is 14.9. The van der Waals surface area contributed by atoms with Crippen LogP contribution in [0.15, 0.2) is 0 Å². The molecule has 0 aromatic heterocycles. The van der Waals surface area contributed by atoms with Crippen LogP contribution >= 0.6 is 0 Å². The van der Waals surface area contributed by atoms with Crippen LogP contribution < -0.4 is 5.32 Å². The molecule has 0 aliphatic heterocycles. The van der Waals surface area contributed by atoms with E-state index in [1.54, 1.807) is 12.0 Å². The summed E-state index contributed by atoms with van der Waals surface area (Å²) in [6, 6.07) is 0.303. The van der Waals surface area contributed by atoms with E-state index in [9.17, 15) is 4.79 Å². The van der Waals surface area contributed by atoms with Crippen molar-refractivity contribution in [1.29, 1.82) is 0 Å². The molecule has 0 radical (unpaired) electrons. The Kier molecular flexibility index (Phi) is 9.62. The zero-order valence-electron chi connectivity index (χ0n) is 14.9. The zero-order chi connectivity index (χ0) is 16.5. The summed E-state index contributed by atoms with van der Waals surface area (Å²) in [7, 11) is 1.71. The molecule has 0 heterocycles. The molecular weight excluding hydrogens is 268 g/mol. The fraction of sp³-hybridized carbons (Fsp3) is 0.938. The number of nitrogens with one attached hydrogen (secondary N) is 1. The summed E-state index contributed by atoms with van der Waals surface area (Å²) in [4.78, 5) is 13.9. The monoisotopic (exact) mass is 302 g/mol. The van der Waals surface area contributed by atoms with Crippen molar-refractivity contribution < 1.29 is 14.3 Å². The lowest BCUT2D eigenvalue weighted by atomic mass is 10.1. The average Bonchev–Trinajstić information content (AvgIpc) is 2.34. The van der Waals surface area contributed by atoms with E-state index in [0.717, 1.165) is 13.0 Å². The number of nitrogens with zero attached hydrogens (tertiary/aromatic N) is 1. The van der Waals surface area contributed by atoms with Crippen LogP contribution in [0.25, 0.3) is 0 Å². The molecular formula is C16H34N2O3. The lowest BCUT2D eigenvalue weighted by Crippen LogP contribution is -2.45. The third-order valence-electron chi connectivity index (χ3n) is 3.08. The minimum absolute atomic E-state index is 0.237. The van der Waals surface area contributed by atoms with Crippen molar-refractivity contribution in [3.8, 4) is 0 Å². The molecule has 0 bridgehead atoms. The minimum atomic E-state index is -0.451. The number of rotatable bonds is 9. The van der Waals surface area contributed by atoms with Gasteiger partial charge < -0.3 is 19.7 Å². The van der Waals surface area contributed by atoms with Crippen molar-refractivity contribution in [3.05, 3.63) is 0 Å². The van der Waals surface area contributed by atoms with Gasteiger partial charge in [0.05, 0.1) is 6.61 Å². The first kappa shape index (κ1) is 20.2. The molecule has 0 aromatic carbocycles. The van der Waals surface area contributed by atoms with Crippen LogP contribution in [-0.2, 0) is 9.47 Å². The number of hydrogen-bond acceptors (Lipinski definition) is 4. The van der Waals surface area contributed by atoms with Gasteiger partial charge in [0.15, 0.2) is 0 Å². The average molecular weight is 302 g/mol. The Morgan fingerprint density at radius 1 is 1.24 bits per heavy atom. The lowest BCUT2D eigenvalue weighted by molar-refractivity contribution is 0.0248. The van der Waals surface area contributed by atoms with Crippen molar-refractivity contribution in [2.75, 3.05) is 33.4 Å². The van der Waals surface area contributed by atoms with Gasteiger partial charge in [-0.15, -0.1) is 0 Å². The fourth-order valence-electron chi connectivity index (χ4n) is 1.94. The molecule has 0 aliphatic carbocycles. The summed E-state index contributed by atoms with van der Waals surface area (Å²) in [5.41, 5.74) is -0.451. The number of hydrogen-bond donors (Lipinski definition) is 1. The predicted molar refractivity (Wildman–Crippen MR) is 86.6 cm³/mol. The Morgan fingerprint density at radius 2 is 1.86 bits per heavy atom. The molecule has 1 amide bonds. The molecule has 0 aliphatic rings. The summed E-state index contributed by atoms with van der Waals surface area (Å²) in [5.74, 6) is 0.492. The van der Waals surface area contributed by atoms with Gasteiger partial charge in [0, 0.05) is 32.8 Å². The first-order chi connectivity index (χ1) is 9.71. The Morgan fingerprint density at radius 3 is 2.29 bits per heavy atom. The maximum atomic E-state index is 12.1. The van der Waals surface area contributed by atoms with E-state index in [1.807, 2.05) is 20.8 Å². The van der Waals surface area contributed by atoms with E-state index in [2.05, 4.69) is 26.1 Å². The molecule has 1 atom stereocenters. The van der Waals surface area contributed by atoms with Gasteiger partial charge in [-0.25, -0.2) is 4.79 Å². The van der Waals surface area contributed by atoms with Gasteiger partial charge in [-0.2, -0.15) is 0 Å². The van der Waals surface area contributed by atoms with Crippen molar-refractivity contribution in [1.82, 2.24) is 10.2 Å². The molecule has 0 saturated carbocycles. The number of carbonyl (C=O) groups is 1. The number of ether oxygens (including phenoxy) is 2. The maximum absolute atomic E-state index is 12.1. The van der Waals surface area contributed by atoms with Gasteiger partial charge >= 0.3 is 6.09 Å². The highest BCUT2D eigenvalue weighted by atomic mass is 16.6. The third-order valence-corrected chi connectivity index (χ3v) is 3.08. The molecule has 0 spiro atoms. The van der Waals surface area contributed by atoms with Gasteiger partial charge in [-0.1, -0.05) is 20.8 Å². The first-order valence-corrected chi connectivity index (χ1v) is 7.91. The predicted octanol–water partition coefficient (Wildman–Crippen LogP) is 2.89. The molecule has 21 heavy (non-hydrogen) atoms. The highest BCUT2D eigenvalue weighted by molar-refractivity contribution is 5.68. The molecule has 5 heteroatoms. The largest absolute Gasteiger partial charge is 0.444 e. The highest BCUT2D eigenvalue weighted by Crippen LogP contribution is 2.10. The smallest absolute Gasteiger partial charge is 0.410 e. The molecule has 0 aromatic rings. The van der Waals surface area contributed by atoms with Crippen molar-refractivity contribution in [2.45, 2.75) is 59.6 Å². The van der Waals surface area contributed by atoms with Crippen molar-refractivity contribution in [2.24, 2.45) is 5.92 Å². The van der Waals surface area contributed by atoms with Crippen LogP contribution in [0.1, 0.15) is 48.0 Å². The second-order valence-corrected chi connectivity index (χ2v) is 6.73. The maximum Gasteiger partial charge on any atom is 0.410 e. The van der Waals surface area contributed by atoms with E-state index in [4.69, 9.17) is 9.47 Å². The van der Waals surface area contributed by atoms with Crippen molar-refractivity contribution in [3.63, 3.8) is 0 Å². The summed E-state index contributed by atoms with van der Waals surface area (Å²) in [5, 5.41) is 3.45. The van der Waals surface area contributed by atoms with E-state index in [0.29, 0.717) is 31.7 Å². The Bertz CT molecular complexity index is 288. The van der Waals surface area contributed by atoms with Gasteiger partial charge in [0.1, 0.15) is 5.60 Å². The van der Waals surface area contributed by atoms with Gasteiger partial charge in [-0.3, -0.25) is 0 Å². The SMILES string of the molecule is CCCN(CCNC(COC)C(C)C)C(=O)OC(C)(C)C. The molecule has 5 nitrogen and oxygen atoms in total. The number of carbonyl (C=O) groups excluding carboxylic acids is 1. The van der Waals surface area contributed by atoms with Crippen LogP contribution in [0.4, 0.5) is 4.79 Å². The standard InChI is InChI=1S/C16H34N2O3/c1-8-10-18(15(19)21-16(4,5)6)11-9-17-14(12-20-7)13(2)3/h13-14,17H,8-12H2,1-7H3. The van der Waals surface area contributed by atoms with Gasteiger partial charge in [0.25, 0.3) is 0 Å². The quantitative estimate of drug-likeness (QED) is 0.711. The lowest BCUT2D eigenvalue weighted by Gasteiger charge is -2.28. The van der Waals surface area contributed by atoms with E-state index in [-0.39, 0.29) is 6.09 Å².